The average Bonchev–Trinajstić information content (AvgIpc) is 2.95. The second kappa shape index (κ2) is 7.27. The van der Waals surface area contributed by atoms with Crippen molar-refractivity contribution in [2.24, 2.45) is 5.16 Å². The van der Waals surface area contributed by atoms with Gasteiger partial charge in [-0.1, -0.05) is 48.0 Å². The van der Waals surface area contributed by atoms with E-state index < -0.39 is 0 Å². The standard InChI is InChI=1S/C16H19ClN2O2/c1-3-9-19(16(20)4-2)11-12-10-15(18-21-12)13-7-5-6-8-14(13)17/h3,5-8,12H,1,4,9-11H2,2H3. The van der Waals surface area contributed by atoms with Crippen LogP contribution in [0.3, 0.4) is 0 Å². The predicted octanol–water partition coefficient (Wildman–Crippen LogP) is 3.26. The maximum Gasteiger partial charge on any atom is 0.222 e. The van der Waals surface area contributed by atoms with E-state index in [1.165, 1.54) is 0 Å². The van der Waals surface area contributed by atoms with E-state index in [1.807, 2.05) is 31.2 Å². The number of halogens is 1. The van der Waals surface area contributed by atoms with Gasteiger partial charge in [0.1, 0.15) is 0 Å². The van der Waals surface area contributed by atoms with Crippen molar-refractivity contribution in [2.45, 2.75) is 25.9 Å². The Hall–Kier alpha value is -1.81. The summed E-state index contributed by atoms with van der Waals surface area (Å²) >= 11 is 6.17. The lowest BCUT2D eigenvalue weighted by Crippen LogP contribution is -2.37. The van der Waals surface area contributed by atoms with Gasteiger partial charge in [0.2, 0.25) is 5.91 Å². The number of hydrogen-bond donors (Lipinski definition) is 0. The summed E-state index contributed by atoms with van der Waals surface area (Å²) in [5, 5.41) is 4.78. The molecule has 0 aliphatic carbocycles. The largest absolute Gasteiger partial charge is 0.390 e. The zero-order valence-electron chi connectivity index (χ0n) is 12.1. The van der Waals surface area contributed by atoms with Gasteiger partial charge >= 0.3 is 0 Å². The first-order valence-corrected chi connectivity index (χ1v) is 7.39. The van der Waals surface area contributed by atoms with Crippen LogP contribution in [0, 0.1) is 0 Å². The second-order valence-corrected chi connectivity index (χ2v) is 5.30. The van der Waals surface area contributed by atoms with Gasteiger partial charge in [-0.25, -0.2) is 0 Å². The minimum atomic E-state index is -0.133. The Morgan fingerprint density at radius 1 is 1.57 bits per heavy atom. The van der Waals surface area contributed by atoms with E-state index in [2.05, 4.69) is 11.7 Å². The highest BCUT2D eigenvalue weighted by atomic mass is 35.5. The monoisotopic (exact) mass is 306 g/mol. The molecule has 4 nitrogen and oxygen atoms in total. The van der Waals surface area contributed by atoms with Crippen molar-refractivity contribution in [3.05, 3.63) is 47.5 Å². The SMILES string of the molecule is C=CCN(CC1CC(c2ccccc2Cl)=NO1)C(=O)CC. The topological polar surface area (TPSA) is 41.9 Å². The molecule has 2 rings (SSSR count). The first-order valence-electron chi connectivity index (χ1n) is 7.02. The Morgan fingerprint density at radius 3 is 3.00 bits per heavy atom. The van der Waals surface area contributed by atoms with Crippen LogP contribution in [0.2, 0.25) is 5.02 Å². The lowest BCUT2D eigenvalue weighted by atomic mass is 10.0. The lowest BCUT2D eigenvalue weighted by Gasteiger charge is -2.22. The minimum absolute atomic E-state index is 0.0877. The molecule has 0 saturated heterocycles. The second-order valence-electron chi connectivity index (χ2n) is 4.89. The molecule has 1 aliphatic heterocycles. The van der Waals surface area contributed by atoms with Crippen LogP contribution in [-0.2, 0) is 9.63 Å². The smallest absolute Gasteiger partial charge is 0.222 e. The zero-order chi connectivity index (χ0) is 15.2. The lowest BCUT2D eigenvalue weighted by molar-refractivity contribution is -0.132. The summed E-state index contributed by atoms with van der Waals surface area (Å²) in [5.74, 6) is 0.0877. The van der Waals surface area contributed by atoms with E-state index in [4.69, 9.17) is 16.4 Å². The van der Waals surface area contributed by atoms with Crippen LogP contribution in [0.1, 0.15) is 25.3 Å². The van der Waals surface area contributed by atoms with Crippen molar-refractivity contribution in [3.8, 4) is 0 Å². The molecule has 0 saturated carbocycles. The number of nitrogens with zero attached hydrogens (tertiary/aromatic N) is 2. The van der Waals surface area contributed by atoms with Crippen molar-refractivity contribution in [1.82, 2.24) is 4.90 Å². The number of hydrogen-bond acceptors (Lipinski definition) is 3. The summed E-state index contributed by atoms with van der Waals surface area (Å²) < 4.78 is 0. The number of rotatable bonds is 6. The van der Waals surface area contributed by atoms with Gasteiger partial charge in [0.15, 0.2) is 6.10 Å². The third-order valence-corrected chi connectivity index (χ3v) is 3.68. The molecule has 1 aliphatic rings. The van der Waals surface area contributed by atoms with Gasteiger partial charge in [0, 0.05) is 30.0 Å². The normalized spacial score (nSPS) is 17.0. The Bertz CT molecular complexity index is 557. The van der Waals surface area contributed by atoms with Crippen LogP contribution in [0.4, 0.5) is 0 Å². The molecular formula is C16H19ClN2O2. The van der Waals surface area contributed by atoms with Crippen molar-refractivity contribution < 1.29 is 9.63 Å². The van der Waals surface area contributed by atoms with E-state index in [0.717, 1.165) is 11.3 Å². The maximum atomic E-state index is 11.9. The van der Waals surface area contributed by atoms with E-state index in [-0.39, 0.29) is 12.0 Å². The van der Waals surface area contributed by atoms with Gasteiger partial charge in [-0.3, -0.25) is 4.79 Å². The molecule has 1 unspecified atom stereocenters. The Kier molecular flexibility index (Phi) is 5.39. The first kappa shape index (κ1) is 15.6. The van der Waals surface area contributed by atoms with Crippen LogP contribution in [0.15, 0.2) is 42.1 Å². The number of carbonyl (C=O) groups is 1. The summed E-state index contributed by atoms with van der Waals surface area (Å²) in [5.41, 5.74) is 1.71. The van der Waals surface area contributed by atoms with Gasteiger partial charge in [0.05, 0.1) is 12.3 Å². The number of amides is 1. The Labute approximate surface area is 130 Å². The van der Waals surface area contributed by atoms with Crippen LogP contribution in [0.25, 0.3) is 0 Å². The summed E-state index contributed by atoms with van der Waals surface area (Å²) in [4.78, 5) is 19.0. The van der Waals surface area contributed by atoms with Gasteiger partial charge in [-0.05, 0) is 6.07 Å². The average molecular weight is 307 g/mol. The summed E-state index contributed by atoms with van der Waals surface area (Å²) in [6, 6.07) is 7.55. The van der Waals surface area contributed by atoms with Crippen molar-refractivity contribution in [2.75, 3.05) is 13.1 Å². The van der Waals surface area contributed by atoms with Gasteiger partial charge in [-0.15, -0.1) is 6.58 Å². The fourth-order valence-corrected chi connectivity index (χ4v) is 2.53. The molecule has 0 spiro atoms. The van der Waals surface area contributed by atoms with E-state index in [1.54, 1.807) is 11.0 Å². The van der Waals surface area contributed by atoms with E-state index >= 15 is 0 Å². The highest BCUT2D eigenvalue weighted by Gasteiger charge is 2.26. The number of benzene rings is 1. The third kappa shape index (κ3) is 3.85. The van der Waals surface area contributed by atoms with Crippen molar-refractivity contribution in [1.29, 1.82) is 0 Å². The quantitative estimate of drug-likeness (QED) is 0.757. The summed E-state index contributed by atoms with van der Waals surface area (Å²) in [6.07, 6.45) is 2.71. The molecule has 112 valence electrons. The van der Waals surface area contributed by atoms with Gasteiger partial charge < -0.3 is 9.74 Å². The summed E-state index contributed by atoms with van der Waals surface area (Å²) in [7, 11) is 0. The molecule has 21 heavy (non-hydrogen) atoms. The highest BCUT2D eigenvalue weighted by Crippen LogP contribution is 2.23. The molecular weight excluding hydrogens is 288 g/mol. The van der Waals surface area contributed by atoms with Crippen LogP contribution < -0.4 is 0 Å². The fraction of sp³-hybridized carbons (Fsp3) is 0.375. The maximum absolute atomic E-state index is 11.9. The number of carbonyl (C=O) groups excluding carboxylic acids is 1. The van der Waals surface area contributed by atoms with Crippen LogP contribution in [0.5, 0.6) is 0 Å². The van der Waals surface area contributed by atoms with E-state index in [0.29, 0.717) is 31.0 Å². The minimum Gasteiger partial charge on any atom is -0.390 e. The van der Waals surface area contributed by atoms with Gasteiger partial charge in [0.25, 0.3) is 0 Å². The molecule has 5 heteroatoms. The molecule has 0 N–H and O–H groups in total. The van der Waals surface area contributed by atoms with Gasteiger partial charge in [-0.2, -0.15) is 0 Å². The molecule has 1 amide bonds. The molecule has 0 bridgehead atoms. The molecule has 1 aromatic rings. The fourth-order valence-electron chi connectivity index (χ4n) is 2.28. The third-order valence-electron chi connectivity index (χ3n) is 3.35. The molecule has 1 atom stereocenters. The molecule has 1 heterocycles. The zero-order valence-corrected chi connectivity index (χ0v) is 12.8. The predicted molar refractivity (Wildman–Crippen MR) is 84.5 cm³/mol. The van der Waals surface area contributed by atoms with Crippen molar-refractivity contribution in [3.63, 3.8) is 0 Å². The van der Waals surface area contributed by atoms with Crippen LogP contribution in [-0.4, -0.2) is 35.7 Å². The summed E-state index contributed by atoms with van der Waals surface area (Å²) in [6.45, 7) is 6.56. The van der Waals surface area contributed by atoms with E-state index in [9.17, 15) is 4.79 Å². The molecule has 0 fully saturated rings. The van der Waals surface area contributed by atoms with Crippen molar-refractivity contribution >= 4 is 23.2 Å². The number of oxime groups is 1. The molecule has 0 aromatic heterocycles. The molecule has 0 radical (unpaired) electrons. The highest BCUT2D eigenvalue weighted by molar-refractivity contribution is 6.34. The van der Waals surface area contributed by atoms with Crippen LogP contribution >= 0.6 is 11.6 Å². The first-order chi connectivity index (χ1) is 10.2. The Morgan fingerprint density at radius 2 is 2.33 bits per heavy atom. The molecule has 1 aromatic carbocycles. The Balaban J connectivity index is 1.99.